The highest BCUT2D eigenvalue weighted by atomic mass is 19.1. The SMILES string of the molecule is CCCCOC(=O)CCCCCC(=O)Oc1cc(F)ccc1[N+](=O)[O-]. The number of carbonyl (C=O) groups is 2. The second-order valence-electron chi connectivity index (χ2n) is 5.48. The van der Waals surface area contributed by atoms with E-state index in [0.29, 0.717) is 25.9 Å². The van der Waals surface area contributed by atoms with Gasteiger partial charge in [0, 0.05) is 25.0 Å². The fourth-order valence-corrected chi connectivity index (χ4v) is 2.01. The van der Waals surface area contributed by atoms with Crippen LogP contribution in [-0.2, 0) is 14.3 Å². The van der Waals surface area contributed by atoms with E-state index in [0.717, 1.165) is 31.0 Å². The summed E-state index contributed by atoms with van der Waals surface area (Å²) in [6.45, 7) is 2.43. The van der Waals surface area contributed by atoms with Crippen LogP contribution in [0.1, 0.15) is 51.9 Å². The highest BCUT2D eigenvalue weighted by Crippen LogP contribution is 2.27. The quantitative estimate of drug-likeness (QED) is 0.196. The molecule has 0 radical (unpaired) electrons. The van der Waals surface area contributed by atoms with Gasteiger partial charge in [-0.2, -0.15) is 0 Å². The van der Waals surface area contributed by atoms with Gasteiger partial charge in [0.25, 0.3) is 0 Å². The van der Waals surface area contributed by atoms with E-state index < -0.39 is 28.1 Å². The van der Waals surface area contributed by atoms with Crippen LogP contribution in [-0.4, -0.2) is 23.5 Å². The minimum absolute atomic E-state index is 0.0263. The molecule has 0 N–H and O–H groups in total. The van der Waals surface area contributed by atoms with Gasteiger partial charge < -0.3 is 9.47 Å². The summed E-state index contributed by atoms with van der Waals surface area (Å²) < 4.78 is 23.0. The summed E-state index contributed by atoms with van der Waals surface area (Å²) in [5.41, 5.74) is -0.468. The molecule has 1 aromatic carbocycles. The van der Waals surface area contributed by atoms with E-state index in [1.807, 2.05) is 6.92 Å². The average molecular weight is 355 g/mol. The van der Waals surface area contributed by atoms with Gasteiger partial charge in [-0.15, -0.1) is 0 Å². The van der Waals surface area contributed by atoms with Gasteiger partial charge in [-0.05, 0) is 25.3 Å². The van der Waals surface area contributed by atoms with Crippen LogP contribution < -0.4 is 4.74 Å². The number of ether oxygens (including phenoxy) is 2. The Bertz CT molecular complexity index is 605. The maximum absolute atomic E-state index is 13.1. The molecule has 1 rings (SSSR count). The molecule has 138 valence electrons. The molecule has 0 aliphatic rings. The van der Waals surface area contributed by atoms with Crippen molar-refractivity contribution in [2.45, 2.75) is 51.9 Å². The average Bonchev–Trinajstić information content (AvgIpc) is 2.54. The van der Waals surface area contributed by atoms with Crippen molar-refractivity contribution in [3.8, 4) is 5.75 Å². The second kappa shape index (κ2) is 11.1. The number of benzene rings is 1. The van der Waals surface area contributed by atoms with Gasteiger partial charge in [0.05, 0.1) is 11.5 Å². The number of hydrogen-bond donors (Lipinski definition) is 0. The Hall–Kier alpha value is -2.51. The third kappa shape index (κ3) is 8.23. The number of halogens is 1. The number of nitrogens with zero attached hydrogens (tertiary/aromatic N) is 1. The predicted octanol–water partition coefficient (Wildman–Crippen LogP) is 3.93. The molecule has 8 heteroatoms. The highest BCUT2D eigenvalue weighted by Gasteiger charge is 2.18. The van der Waals surface area contributed by atoms with Crippen LogP contribution in [0.4, 0.5) is 10.1 Å². The van der Waals surface area contributed by atoms with E-state index in [9.17, 15) is 24.1 Å². The molecular formula is C17H22FNO6. The first-order chi connectivity index (χ1) is 11.9. The van der Waals surface area contributed by atoms with Crippen molar-refractivity contribution in [2.75, 3.05) is 6.61 Å². The van der Waals surface area contributed by atoms with Gasteiger partial charge in [-0.1, -0.05) is 19.8 Å². The molecule has 0 saturated heterocycles. The van der Waals surface area contributed by atoms with E-state index in [4.69, 9.17) is 9.47 Å². The lowest BCUT2D eigenvalue weighted by Crippen LogP contribution is -2.09. The van der Waals surface area contributed by atoms with Gasteiger partial charge in [0.15, 0.2) is 0 Å². The van der Waals surface area contributed by atoms with E-state index >= 15 is 0 Å². The molecule has 0 saturated carbocycles. The molecule has 0 aliphatic heterocycles. The third-order valence-corrected chi connectivity index (χ3v) is 3.37. The molecule has 7 nitrogen and oxygen atoms in total. The molecule has 0 amide bonds. The highest BCUT2D eigenvalue weighted by molar-refractivity contribution is 5.73. The largest absolute Gasteiger partial charge is 0.466 e. The van der Waals surface area contributed by atoms with E-state index in [1.54, 1.807) is 0 Å². The number of hydrogen-bond acceptors (Lipinski definition) is 6. The first kappa shape index (κ1) is 20.5. The minimum Gasteiger partial charge on any atom is -0.466 e. The van der Waals surface area contributed by atoms with Crippen LogP contribution in [0.2, 0.25) is 0 Å². The number of unbranched alkanes of at least 4 members (excludes halogenated alkanes) is 3. The third-order valence-electron chi connectivity index (χ3n) is 3.37. The molecule has 0 unspecified atom stereocenters. The van der Waals surface area contributed by atoms with E-state index in [1.165, 1.54) is 0 Å². The lowest BCUT2D eigenvalue weighted by molar-refractivity contribution is -0.385. The molecular weight excluding hydrogens is 333 g/mol. The summed E-state index contributed by atoms with van der Waals surface area (Å²) in [6, 6.07) is 2.68. The van der Waals surface area contributed by atoms with E-state index in [-0.39, 0.29) is 18.8 Å². The Morgan fingerprint density at radius 2 is 1.80 bits per heavy atom. The number of esters is 2. The Balaban J connectivity index is 2.29. The summed E-state index contributed by atoms with van der Waals surface area (Å²) >= 11 is 0. The normalized spacial score (nSPS) is 10.3. The number of rotatable bonds is 11. The van der Waals surface area contributed by atoms with Crippen LogP contribution in [0.25, 0.3) is 0 Å². The zero-order valence-corrected chi connectivity index (χ0v) is 14.2. The van der Waals surface area contributed by atoms with Crippen LogP contribution >= 0.6 is 0 Å². The van der Waals surface area contributed by atoms with Crippen molar-refractivity contribution in [1.82, 2.24) is 0 Å². The second-order valence-corrected chi connectivity index (χ2v) is 5.48. The Morgan fingerprint density at radius 3 is 2.44 bits per heavy atom. The molecule has 0 bridgehead atoms. The van der Waals surface area contributed by atoms with Gasteiger partial charge in [-0.25, -0.2) is 4.39 Å². The fraction of sp³-hybridized carbons (Fsp3) is 0.529. The molecule has 0 heterocycles. The fourth-order valence-electron chi connectivity index (χ4n) is 2.01. The van der Waals surface area contributed by atoms with Crippen molar-refractivity contribution in [2.24, 2.45) is 0 Å². The molecule has 0 aliphatic carbocycles. The van der Waals surface area contributed by atoms with Gasteiger partial charge in [0.1, 0.15) is 5.82 Å². The van der Waals surface area contributed by atoms with Gasteiger partial charge in [0.2, 0.25) is 5.75 Å². The molecule has 25 heavy (non-hydrogen) atoms. The molecule has 0 aromatic heterocycles. The monoisotopic (exact) mass is 355 g/mol. The zero-order chi connectivity index (χ0) is 18.7. The maximum Gasteiger partial charge on any atom is 0.311 e. The minimum atomic E-state index is -0.744. The standard InChI is InChI=1S/C17H22FNO6/c1-2-3-11-24-16(20)7-5-4-6-8-17(21)25-15-12-13(18)9-10-14(15)19(22)23/h9-10,12H,2-8,11H2,1H3. The van der Waals surface area contributed by atoms with Gasteiger partial charge >= 0.3 is 17.6 Å². The number of nitro benzene ring substituents is 1. The summed E-state index contributed by atoms with van der Waals surface area (Å²) in [7, 11) is 0. The van der Waals surface area contributed by atoms with Crippen molar-refractivity contribution < 1.29 is 28.4 Å². The molecule has 1 aromatic rings. The summed E-state index contributed by atoms with van der Waals surface area (Å²) in [6.07, 6.45) is 3.76. The van der Waals surface area contributed by atoms with Crippen LogP contribution in [0.3, 0.4) is 0 Å². The number of carbonyl (C=O) groups excluding carboxylic acids is 2. The maximum atomic E-state index is 13.1. The lowest BCUT2D eigenvalue weighted by atomic mass is 10.1. The Labute approximate surface area is 145 Å². The summed E-state index contributed by atoms with van der Waals surface area (Å²) in [5.74, 6) is -2.07. The molecule has 0 atom stereocenters. The van der Waals surface area contributed by atoms with Crippen molar-refractivity contribution in [3.63, 3.8) is 0 Å². The Morgan fingerprint density at radius 1 is 1.12 bits per heavy atom. The lowest BCUT2D eigenvalue weighted by Gasteiger charge is -2.06. The van der Waals surface area contributed by atoms with Crippen LogP contribution in [0.5, 0.6) is 5.75 Å². The van der Waals surface area contributed by atoms with Crippen LogP contribution in [0, 0.1) is 15.9 Å². The number of nitro groups is 1. The topological polar surface area (TPSA) is 95.7 Å². The van der Waals surface area contributed by atoms with Gasteiger partial charge in [-0.3, -0.25) is 19.7 Å². The smallest absolute Gasteiger partial charge is 0.311 e. The van der Waals surface area contributed by atoms with Crippen molar-refractivity contribution in [1.29, 1.82) is 0 Å². The molecule has 0 spiro atoms. The van der Waals surface area contributed by atoms with Crippen molar-refractivity contribution >= 4 is 17.6 Å². The van der Waals surface area contributed by atoms with E-state index in [2.05, 4.69) is 0 Å². The molecule has 0 fully saturated rings. The first-order valence-electron chi connectivity index (χ1n) is 8.24. The predicted molar refractivity (Wildman–Crippen MR) is 87.6 cm³/mol. The zero-order valence-electron chi connectivity index (χ0n) is 14.2. The Kier molecular flexibility index (Phi) is 9.13. The van der Waals surface area contributed by atoms with Crippen LogP contribution in [0.15, 0.2) is 18.2 Å². The first-order valence-corrected chi connectivity index (χ1v) is 8.24. The summed E-state index contributed by atoms with van der Waals surface area (Å²) in [4.78, 5) is 33.2. The van der Waals surface area contributed by atoms with Crippen molar-refractivity contribution in [3.05, 3.63) is 34.1 Å². The summed E-state index contributed by atoms with van der Waals surface area (Å²) in [5, 5.41) is 10.8.